The molecule has 1 heterocycles. The van der Waals surface area contributed by atoms with E-state index in [0.717, 1.165) is 0 Å². The van der Waals surface area contributed by atoms with E-state index in [1.807, 2.05) is 6.92 Å². The second kappa shape index (κ2) is 19.2. The van der Waals surface area contributed by atoms with Crippen LogP contribution >= 0.6 is 0 Å². The van der Waals surface area contributed by atoms with Crippen molar-refractivity contribution in [1.82, 2.24) is 0 Å². The lowest BCUT2D eigenvalue weighted by molar-refractivity contribution is -0.180. The normalized spacial score (nSPS) is 25.7. The minimum atomic E-state index is -1.84. The van der Waals surface area contributed by atoms with Gasteiger partial charge in [-0.25, -0.2) is 0 Å². The number of hydrogen-bond donors (Lipinski definition) is 7. The van der Waals surface area contributed by atoms with Gasteiger partial charge in [0.25, 0.3) is 0 Å². The van der Waals surface area contributed by atoms with E-state index in [-0.39, 0.29) is 47.8 Å². The van der Waals surface area contributed by atoms with Crippen molar-refractivity contribution in [2.24, 2.45) is 5.92 Å². The smallest absolute Gasteiger partial charge is 0.200 e. The summed E-state index contributed by atoms with van der Waals surface area (Å²) in [5.74, 6) is -3.34. The van der Waals surface area contributed by atoms with Crippen molar-refractivity contribution in [3.05, 3.63) is 28.8 Å². The molecule has 0 bridgehead atoms. The van der Waals surface area contributed by atoms with Gasteiger partial charge in [-0.05, 0) is 77.0 Å². The molecular weight excluding hydrogens is 712 g/mol. The molecule has 0 aromatic heterocycles. The van der Waals surface area contributed by atoms with Crippen molar-refractivity contribution in [3.63, 3.8) is 0 Å². The van der Waals surface area contributed by atoms with Crippen LogP contribution in [0.3, 0.4) is 0 Å². The summed E-state index contributed by atoms with van der Waals surface area (Å²) in [7, 11) is 1.21. The molecular formula is C38H56O16. The van der Waals surface area contributed by atoms with Gasteiger partial charge in [0, 0.05) is 25.0 Å². The number of aliphatic hydroxyl groups excluding tert-OH is 5. The van der Waals surface area contributed by atoms with Gasteiger partial charge in [-0.15, -0.1) is 0 Å². The summed E-state index contributed by atoms with van der Waals surface area (Å²) in [6.07, 6.45) is -9.91. The second-order valence-corrected chi connectivity index (χ2v) is 14.2. The lowest BCUT2D eigenvalue weighted by Gasteiger charge is -2.37. The summed E-state index contributed by atoms with van der Waals surface area (Å²) in [4.78, 5) is 27.6. The third kappa shape index (κ3) is 9.86. The first-order valence-electron chi connectivity index (χ1n) is 18.3. The van der Waals surface area contributed by atoms with E-state index in [0.29, 0.717) is 30.2 Å². The van der Waals surface area contributed by atoms with E-state index in [1.54, 1.807) is 39.8 Å². The average Bonchev–Trinajstić information content (AvgIpc) is 3.13. The number of benzene rings is 2. The number of aromatic hydroxyl groups is 2. The number of ether oxygens (including phenoxy) is 7. The van der Waals surface area contributed by atoms with Crippen molar-refractivity contribution < 1.29 is 78.5 Å². The predicted molar refractivity (Wildman–Crippen MR) is 191 cm³/mol. The number of carbonyl (C=O) groups excluding carboxylic acids is 2. The number of phenols is 2. The van der Waals surface area contributed by atoms with Crippen LogP contribution in [0, 0.1) is 12.8 Å². The number of rotatable bonds is 19. The molecule has 4 unspecified atom stereocenters. The number of carbonyl (C=O) groups is 2. The number of hydrogen-bond acceptors (Lipinski definition) is 16. The summed E-state index contributed by atoms with van der Waals surface area (Å²) in [6, 6.07) is 3.17. The zero-order valence-electron chi connectivity index (χ0n) is 31.8. The van der Waals surface area contributed by atoms with Crippen LogP contribution < -0.4 is 4.74 Å². The fourth-order valence-electron chi connectivity index (χ4n) is 6.69. The molecule has 0 spiro atoms. The molecule has 12 atom stereocenters. The number of phenolic OH excluding ortho intramolecular Hbond substituents is 2. The highest BCUT2D eigenvalue weighted by Gasteiger charge is 2.47. The average molecular weight is 769 g/mol. The third-order valence-corrected chi connectivity index (χ3v) is 10.3. The first-order valence-corrected chi connectivity index (χ1v) is 18.3. The summed E-state index contributed by atoms with van der Waals surface area (Å²) < 4.78 is 39.7. The van der Waals surface area contributed by atoms with E-state index < -0.39 is 97.4 Å². The molecule has 1 aliphatic heterocycles. The summed E-state index contributed by atoms with van der Waals surface area (Å²) in [5, 5.41) is 74.1. The zero-order valence-corrected chi connectivity index (χ0v) is 31.8. The lowest BCUT2D eigenvalue weighted by atomic mass is 9.75. The van der Waals surface area contributed by atoms with Crippen LogP contribution in [0.15, 0.2) is 12.1 Å². The molecule has 16 nitrogen and oxygen atoms in total. The molecule has 1 fully saturated rings. The van der Waals surface area contributed by atoms with Crippen LogP contribution in [-0.4, -0.2) is 142 Å². The largest absolute Gasteiger partial charge is 0.507 e. The van der Waals surface area contributed by atoms with E-state index in [4.69, 9.17) is 33.2 Å². The van der Waals surface area contributed by atoms with E-state index >= 15 is 0 Å². The quantitative estimate of drug-likeness (QED) is 0.0796. The highest BCUT2D eigenvalue weighted by atomic mass is 16.7. The van der Waals surface area contributed by atoms with Gasteiger partial charge in [0.1, 0.15) is 55.3 Å². The second-order valence-electron chi connectivity index (χ2n) is 14.2. The number of fused-ring (bicyclic) bond motifs is 2. The van der Waals surface area contributed by atoms with Gasteiger partial charge >= 0.3 is 0 Å². The SMILES string of the molecule is CC[C@@H](O)C(C)OCOC[C@H](O)C(C)OCO[C@@H]1C(=O)c2c(cc3cc(O[C@H]4CC[C@H](O)C(C)O4)c(C)c(O)c3c2O)CC1[C@H](OC)C(=O)[C@@H](O)[C@@H](C)O. The van der Waals surface area contributed by atoms with Gasteiger partial charge in [-0.1, -0.05) is 6.92 Å². The number of methoxy groups -OCH3 is 1. The fraction of sp³-hybridized carbons (Fsp3) is 0.684. The van der Waals surface area contributed by atoms with Crippen molar-refractivity contribution in [2.75, 3.05) is 27.3 Å². The highest BCUT2D eigenvalue weighted by molar-refractivity contribution is 6.11. The Morgan fingerprint density at radius 2 is 1.65 bits per heavy atom. The van der Waals surface area contributed by atoms with Crippen molar-refractivity contribution in [3.8, 4) is 17.2 Å². The Balaban J connectivity index is 1.59. The number of aliphatic hydroxyl groups is 5. The summed E-state index contributed by atoms with van der Waals surface area (Å²) in [5.41, 5.74) is 0.407. The van der Waals surface area contributed by atoms with Crippen molar-refractivity contribution >= 4 is 22.3 Å². The Labute approximate surface area is 314 Å². The van der Waals surface area contributed by atoms with E-state index in [1.165, 1.54) is 14.0 Å². The number of ketones is 2. The highest BCUT2D eigenvalue weighted by Crippen LogP contribution is 2.46. The molecule has 16 heteroatoms. The Morgan fingerprint density at radius 3 is 2.28 bits per heavy atom. The Hall–Kier alpha value is -3.00. The minimum Gasteiger partial charge on any atom is -0.507 e. The molecule has 0 saturated carbocycles. The summed E-state index contributed by atoms with van der Waals surface area (Å²) >= 11 is 0. The standard InChI is InChI=1S/C38H56O16/c1-8-25(40)19(4)50-15-49-14-27(42)20(5)51-16-52-38-24(37(48-7)36(47)33(44)18(3)39)12-22-11-23-13-28(54-29-10-9-26(41)21(6)53-29)17(2)32(43)30(23)34(45)31(22)35(38)46/h11,13,18-21,24-27,29,33,37-45H,8-10,12,14-16H2,1-7H3/t18-,19?,20?,21?,24?,25-,26+,27+,29+,33+,37+,38+/m1/s1. The molecule has 304 valence electrons. The van der Waals surface area contributed by atoms with Crippen LogP contribution in [0.5, 0.6) is 17.2 Å². The summed E-state index contributed by atoms with van der Waals surface area (Å²) in [6.45, 7) is 8.68. The first-order chi connectivity index (χ1) is 25.5. The van der Waals surface area contributed by atoms with Gasteiger partial charge in [0.05, 0.1) is 54.2 Å². The van der Waals surface area contributed by atoms with Crippen molar-refractivity contribution in [1.29, 1.82) is 0 Å². The molecule has 0 amide bonds. The maximum absolute atomic E-state index is 14.3. The Kier molecular flexibility index (Phi) is 15.6. The molecule has 4 rings (SSSR count). The monoisotopic (exact) mass is 768 g/mol. The maximum Gasteiger partial charge on any atom is 0.200 e. The molecule has 2 aliphatic rings. The van der Waals surface area contributed by atoms with Gasteiger partial charge in [-0.3, -0.25) is 9.59 Å². The van der Waals surface area contributed by atoms with Gasteiger partial charge in [-0.2, -0.15) is 0 Å². The zero-order chi connectivity index (χ0) is 40.0. The Morgan fingerprint density at radius 1 is 0.981 bits per heavy atom. The van der Waals surface area contributed by atoms with Gasteiger partial charge in [0.2, 0.25) is 0 Å². The van der Waals surface area contributed by atoms with Crippen LogP contribution in [0.2, 0.25) is 0 Å². The van der Waals surface area contributed by atoms with E-state index in [9.17, 15) is 45.3 Å². The molecule has 1 aliphatic carbocycles. The molecule has 54 heavy (non-hydrogen) atoms. The predicted octanol–water partition coefficient (Wildman–Crippen LogP) is 1.76. The molecule has 0 radical (unpaired) electrons. The van der Waals surface area contributed by atoms with Crippen LogP contribution in [0.4, 0.5) is 0 Å². The number of Topliss-reactive ketones (excluding diaryl/α,β-unsaturated/α-hetero) is 2. The van der Waals surface area contributed by atoms with Crippen LogP contribution in [0.25, 0.3) is 10.8 Å². The maximum atomic E-state index is 14.3. The molecule has 2 aromatic carbocycles. The van der Waals surface area contributed by atoms with Crippen LogP contribution in [0.1, 0.15) is 75.4 Å². The fourth-order valence-corrected chi connectivity index (χ4v) is 6.69. The Bertz CT molecular complexity index is 1580. The van der Waals surface area contributed by atoms with Gasteiger partial charge < -0.3 is 68.9 Å². The minimum absolute atomic E-state index is 0.0167. The topological polar surface area (TPSA) is 240 Å². The first kappa shape index (κ1) is 43.7. The van der Waals surface area contributed by atoms with E-state index in [2.05, 4.69) is 0 Å². The third-order valence-electron chi connectivity index (χ3n) is 10.3. The lowest BCUT2D eigenvalue weighted by Crippen LogP contribution is -2.52. The molecule has 7 N–H and O–H groups in total. The van der Waals surface area contributed by atoms with Gasteiger partial charge in [0.15, 0.2) is 17.9 Å². The van der Waals surface area contributed by atoms with Crippen LogP contribution in [-0.2, 0) is 39.6 Å². The molecule has 1 saturated heterocycles. The van der Waals surface area contributed by atoms with Crippen molar-refractivity contribution in [2.45, 2.75) is 135 Å². The molecule has 2 aromatic rings.